The number of amides is 1. The van der Waals surface area contributed by atoms with E-state index in [4.69, 9.17) is 9.47 Å². The third-order valence-electron chi connectivity index (χ3n) is 3.39. The van der Waals surface area contributed by atoms with Crippen molar-refractivity contribution in [2.75, 3.05) is 24.7 Å². The molecule has 0 saturated carbocycles. The van der Waals surface area contributed by atoms with Crippen molar-refractivity contribution < 1.29 is 14.3 Å². The van der Waals surface area contributed by atoms with Crippen molar-refractivity contribution in [3.8, 4) is 0 Å². The Labute approximate surface area is 106 Å². The second-order valence-electron chi connectivity index (χ2n) is 4.49. The van der Waals surface area contributed by atoms with Crippen molar-refractivity contribution in [3.05, 3.63) is 42.0 Å². The lowest BCUT2D eigenvalue weighted by atomic mass is 10.0. The van der Waals surface area contributed by atoms with E-state index in [1.165, 1.54) is 0 Å². The smallest absolute Gasteiger partial charge is 0.292 e. The van der Waals surface area contributed by atoms with Crippen LogP contribution in [0.15, 0.2) is 30.9 Å². The van der Waals surface area contributed by atoms with Gasteiger partial charge in [-0.05, 0) is 12.5 Å². The van der Waals surface area contributed by atoms with Gasteiger partial charge in [-0.15, -0.1) is 6.58 Å². The molecule has 4 nitrogen and oxygen atoms in total. The summed E-state index contributed by atoms with van der Waals surface area (Å²) in [5.74, 6) is -1.37. The van der Waals surface area contributed by atoms with Gasteiger partial charge in [-0.2, -0.15) is 0 Å². The highest BCUT2D eigenvalue weighted by Crippen LogP contribution is 2.46. The molecule has 4 heteroatoms. The van der Waals surface area contributed by atoms with Crippen LogP contribution in [0.5, 0.6) is 0 Å². The minimum absolute atomic E-state index is 0.149. The van der Waals surface area contributed by atoms with E-state index >= 15 is 0 Å². The molecule has 3 rings (SSSR count). The molecule has 2 aliphatic heterocycles. The van der Waals surface area contributed by atoms with Crippen LogP contribution in [-0.2, 0) is 20.1 Å². The first kappa shape index (κ1) is 11.4. The number of anilines is 1. The highest BCUT2D eigenvalue weighted by molar-refractivity contribution is 6.07. The average molecular weight is 245 g/mol. The molecule has 2 heterocycles. The molecule has 1 spiro atoms. The second-order valence-corrected chi connectivity index (χ2v) is 4.49. The number of fused-ring (bicyclic) bond motifs is 2. The summed E-state index contributed by atoms with van der Waals surface area (Å²) in [6, 6.07) is 5.80. The van der Waals surface area contributed by atoms with E-state index in [1.54, 1.807) is 11.0 Å². The number of nitrogens with zero attached hydrogens (tertiary/aromatic N) is 1. The molecule has 0 aliphatic carbocycles. The molecule has 1 aromatic carbocycles. The van der Waals surface area contributed by atoms with Gasteiger partial charge in [-0.3, -0.25) is 4.79 Å². The van der Waals surface area contributed by atoms with Gasteiger partial charge in [0.05, 0.1) is 18.9 Å². The number of hydrogen-bond donors (Lipinski definition) is 0. The molecular formula is C14H15NO3. The summed E-state index contributed by atoms with van der Waals surface area (Å²) >= 11 is 0. The van der Waals surface area contributed by atoms with Crippen molar-refractivity contribution >= 4 is 11.6 Å². The Balaban J connectivity index is 2.20. The molecule has 0 bridgehead atoms. The minimum atomic E-state index is -1.22. The molecule has 1 amide bonds. The van der Waals surface area contributed by atoms with E-state index < -0.39 is 5.79 Å². The molecule has 1 saturated heterocycles. The van der Waals surface area contributed by atoms with Gasteiger partial charge in [0.15, 0.2) is 0 Å². The number of rotatable bonds is 2. The summed E-state index contributed by atoms with van der Waals surface area (Å²) in [6.45, 7) is 7.04. The van der Waals surface area contributed by atoms with Crippen LogP contribution in [0.3, 0.4) is 0 Å². The van der Waals surface area contributed by atoms with Gasteiger partial charge in [0.2, 0.25) is 0 Å². The first-order valence-electron chi connectivity index (χ1n) is 6.01. The predicted octanol–water partition coefficient (Wildman–Crippen LogP) is 1.73. The summed E-state index contributed by atoms with van der Waals surface area (Å²) in [6.07, 6.45) is 1.71. The van der Waals surface area contributed by atoms with E-state index in [-0.39, 0.29) is 5.91 Å². The highest BCUT2D eigenvalue weighted by Gasteiger charge is 2.56. The summed E-state index contributed by atoms with van der Waals surface area (Å²) in [4.78, 5) is 14.2. The fraction of sp³-hybridized carbons (Fsp3) is 0.357. The summed E-state index contributed by atoms with van der Waals surface area (Å²) in [5, 5.41) is 0. The zero-order chi connectivity index (χ0) is 12.8. The molecule has 0 atom stereocenters. The SMILES string of the molecule is C=CCN1C(=O)C2(OCCO2)c2cccc(C)c21. The van der Waals surface area contributed by atoms with Gasteiger partial charge in [0.1, 0.15) is 0 Å². The second kappa shape index (κ2) is 3.93. The lowest BCUT2D eigenvalue weighted by molar-refractivity contribution is -0.180. The van der Waals surface area contributed by atoms with Gasteiger partial charge in [0, 0.05) is 12.1 Å². The number of para-hydroxylation sites is 1. The Morgan fingerprint density at radius 1 is 1.44 bits per heavy atom. The molecule has 0 aromatic heterocycles. The zero-order valence-electron chi connectivity index (χ0n) is 10.3. The van der Waals surface area contributed by atoms with Crippen LogP contribution in [0, 0.1) is 6.92 Å². The number of aryl methyl sites for hydroxylation is 1. The van der Waals surface area contributed by atoms with Gasteiger partial charge < -0.3 is 14.4 Å². The van der Waals surface area contributed by atoms with Crippen LogP contribution in [0.1, 0.15) is 11.1 Å². The van der Waals surface area contributed by atoms with Crippen LogP contribution in [-0.4, -0.2) is 25.7 Å². The number of carbonyl (C=O) groups excluding carboxylic acids is 1. The molecule has 2 aliphatic rings. The molecule has 94 valence electrons. The number of benzene rings is 1. The summed E-state index contributed by atoms with van der Waals surface area (Å²) in [7, 11) is 0. The first-order valence-corrected chi connectivity index (χ1v) is 6.01. The van der Waals surface area contributed by atoms with E-state index in [0.717, 1.165) is 16.8 Å². The Hall–Kier alpha value is -1.65. The fourth-order valence-corrected chi connectivity index (χ4v) is 2.67. The van der Waals surface area contributed by atoms with Gasteiger partial charge in [0.25, 0.3) is 11.7 Å². The number of ether oxygens (including phenoxy) is 2. The maximum Gasteiger partial charge on any atom is 0.292 e. The molecule has 18 heavy (non-hydrogen) atoms. The fourth-order valence-electron chi connectivity index (χ4n) is 2.67. The van der Waals surface area contributed by atoms with Crippen molar-refractivity contribution in [2.24, 2.45) is 0 Å². The van der Waals surface area contributed by atoms with Crippen LogP contribution in [0.4, 0.5) is 5.69 Å². The van der Waals surface area contributed by atoms with E-state index in [0.29, 0.717) is 19.8 Å². The third-order valence-corrected chi connectivity index (χ3v) is 3.39. The predicted molar refractivity (Wildman–Crippen MR) is 67.3 cm³/mol. The lowest BCUT2D eigenvalue weighted by Crippen LogP contribution is -2.41. The lowest BCUT2D eigenvalue weighted by Gasteiger charge is -2.21. The monoisotopic (exact) mass is 245 g/mol. The van der Waals surface area contributed by atoms with Gasteiger partial charge in [-0.25, -0.2) is 0 Å². The third kappa shape index (κ3) is 1.30. The van der Waals surface area contributed by atoms with E-state index in [9.17, 15) is 4.79 Å². The van der Waals surface area contributed by atoms with Gasteiger partial charge >= 0.3 is 0 Å². The molecule has 0 N–H and O–H groups in total. The quantitative estimate of drug-likeness (QED) is 0.745. The Morgan fingerprint density at radius 3 is 2.83 bits per heavy atom. The first-order chi connectivity index (χ1) is 8.70. The molecular weight excluding hydrogens is 230 g/mol. The van der Waals surface area contributed by atoms with Crippen molar-refractivity contribution in [1.82, 2.24) is 0 Å². The number of carbonyl (C=O) groups is 1. The van der Waals surface area contributed by atoms with E-state index in [1.807, 2.05) is 25.1 Å². The maximum absolute atomic E-state index is 12.6. The van der Waals surface area contributed by atoms with Crippen LogP contribution in [0.25, 0.3) is 0 Å². The van der Waals surface area contributed by atoms with Gasteiger partial charge in [-0.1, -0.05) is 24.3 Å². The number of hydrogen-bond acceptors (Lipinski definition) is 3. The Kier molecular flexibility index (Phi) is 2.50. The van der Waals surface area contributed by atoms with Crippen molar-refractivity contribution in [3.63, 3.8) is 0 Å². The van der Waals surface area contributed by atoms with Crippen LogP contribution in [0.2, 0.25) is 0 Å². The van der Waals surface area contributed by atoms with Crippen LogP contribution >= 0.6 is 0 Å². The molecule has 1 fully saturated rings. The largest absolute Gasteiger partial charge is 0.336 e. The van der Waals surface area contributed by atoms with Crippen molar-refractivity contribution in [2.45, 2.75) is 12.7 Å². The van der Waals surface area contributed by atoms with E-state index in [2.05, 4.69) is 6.58 Å². The Bertz CT molecular complexity index is 518. The minimum Gasteiger partial charge on any atom is -0.336 e. The molecule has 0 radical (unpaired) electrons. The zero-order valence-corrected chi connectivity index (χ0v) is 10.3. The average Bonchev–Trinajstić information content (AvgIpc) is 2.93. The highest BCUT2D eigenvalue weighted by atomic mass is 16.7. The molecule has 1 aromatic rings. The molecule has 0 unspecified atom stereocenters. The topological polar surface area (TPSA) is 38.8 Å². The summed E-state index contributed by atoms with van der Waals surface area (Å²) in [5.41, 5.74) is 2.75. The Morgan fingerprint density at radius 2 is 2.17 bits per heavy atom. The van der Waals surface area contributed by atoms with Crippen molar-refractivity contribution in [1.29, 1.82) is 0 Å². The normalized spacial score (nSPS) is 20.5. The summed E-state index contributed by atoms with van der Waals surface area (Å²) < 4.78 is 11.2. The maximum atomic E-state index is 12.6. The van der Waals surface area contributed by atoms with Crippen LogP contribution < -0.4 is 4.90 Å². The standard InChI is InChI=1S/C14H15NO3/c1-3-7-15-12-10(2)5-4-6-11(12)14(13(15)16)17-8-9-18-14/h3-6H,1,7-9H2,2H3.